The lowest BCUT2D eigenvalue weighted by Gasteiger charge is -2.22. The lowest BCUT2D eigenvalue weighted by atomic mass is 9.81. The monoisotopic (exact) mass is 728 g/mol. The van der Waals surface area contributed by atoms with E-state index >= 15 is 0 Å². The van der Waals surface area contributed by atoms with Crippen molar-refractivity contribution in [2.75, 3.05) is 0 Å². The Kier molecular flexibility index (Phi) is 7.82. The van der Waals surface area contributed by atoms with Crippen LogP contribution in [0.4, 0.5) is 0 Å². The van der Waals surface area contributed by atoms with Crippen molar-refractivity contribution in [3.05, 3.63) is 109 Å². The van der Waals surface area contributed by atoms with Gasteiger partial charge in [0.2, 0.25) is 28.7 Å². The molecule has 0 saturated carbocycles. The van der Waals surface area contributed by atoms with Crippen LogP contribution in [-0.2, 0) is 0 Å². The fraction of sp³-hybridized carbons (Fsp3) is 0. The molecule has 0 fully saturated rings. The zero-order valence-electron chi connectivity index (χ0n) is 28.7. The molecule has 2 radical (unpaired) electrons. The molecule has 0 unspecified atom stereocenters. The molecule has 10 nitrogen and oxygen atoms in total. The molecule has 0 aliphatic heterocycles. The molecule has 0 spiro atoms. The molecule has 268 valence electrons. The second-order valence-electron chi connectivity index (χ2n) is 12.9. The van der Waals surface area contributed by atoms with Crippen LogP contribution in [0.15, 0.2) is 103 Å². The summed E-state index contributed by atoms with van der Waals surface area (Å²) >= 11 is 0. The third-order valence-corrected chi connectivity index (χ3v) is 10.0. The van der Waals surface area contributed by atoms with E-state index in [0.717, 1.165) is 21.7 Å². The number of benzene rings is 7. The first-order valence-electron chi connectivity index (χ1n) is 16.7. The van der Waals surface area contributed by atoms with Crippen molar-refractivity contribution < 1.29 is 50.4 Å². The molecule has 0 bridgehead atoms. The number of para-hydroxylation sites is 1. The highest BCUT2D eigenvalue weighted by atomic mass is 16.4. The lowest BCUT2D eigenvalue weighted by molar-refractivity contribution is 0.330. The summed E-state index contributed by atoms with van der Waals surface area (Å²) in [6.45, 7) is 8.34. The molecule has 55 heavy (non-hydrogen) atoms. The quantitative estimate of drug-likeness (QED) is 0.0453. The molecule has 0 aliphatic carbocycles. The third-order valence-electron chi connectivity index (χ3n) is 10.0. The predicted octanol–water partition coefficient (Wildman–Crippen LogP) is 8.84. The zero-order chi connectivity index (χ0) is 39.0. The van der Waals surface area contributed by atoms with Crippen LogP contribution in [0, 0.1) is 0 Å². The molecule has 0 atom stereocenters. The van der Waals surface area contributed by atoms with Crippen LogP contribution in [0.2, 0.25) is 0 Å². The molecule has 7 aromatic carbocycles. The third kappa shape index (κ3) is 4.90. The molecule has 0 saturated heterocycles. The van der Waals surface area contributed by atoms with E-state index in [-0.39, 0.29) is 22.2 Å². The van der Waals surface area contributed by atoms with E-state index in [9.17, 15) is 46.0 Å². The van der Waals surface area contributed by atoms with Crippen LogP contribution < -0.4 is 5.46 Å². The van der Waals surface area contributed by atoms with E-state index in [1.54, 1.807) is 54.6 Å². The van der Waals surface area contributed by atoms with E-state index in [0.29, 0.717) is 49.9 Å². The van der Waals surface area contributed by atoms with Crippen molar-refractivity contribution in [1.82, 2.24) is 0 Å². The van der Waals surface area contributed by atoms with Gasteiger partial charge in [-0.1, -0.05) is 92.0 Å². The summed E-state index contributed by atoms with van der Waals surface area (Å²) in [6.07, 6.45) is 3.38. The van der Waals surface area contributed by atoms with Gasteiger partial charge >= 0.3 is 0 Å². The van der Waals surface area contributed by atoms with Gasteiger partial charge in [0.25, 0.3) is 0 Å². The highest BCUT2D eigenvalue weighted by molar-refractivity contribution is 6.39. The summed E-state index contributed by atoms with van der Waals surface area (Å²) in [5, 5.41) is 97.1. The minimum atomic E-state index is -1.08. The molecular weight excluding hydrogens is 699 g/mol. The fourth-order valence-electron chi connectivity index (χ4n) is 7.47. The molecule has 8 rings (SSSR count). The van der Waals surface area contributed by atoms with Gasteiger partial charge < -0.3 is 50.4 Å². The van der Waals surface area contributed by atoms with Gasteiger partial charge in [-0.25, -0.2) is 0 Å². The van der Waals surface area contributed by atoms with E-state index in [2.05, 4.69) is 13.2 Å². The van der Waals surface area contributed by atoms with E-state index in [1.165, 1.54) is 0 Å². The Morgan fingerprint density at radius 2 is 0.891 bits per heavy atom. The van der Waals surface area contributed by atoms with Crippen LogP contribution in [-0.4, -0.2) is 53.8 Å². The SMILES string of the molecule is [B]c1c(O)c(O)c(O)c(O)c1-c1ccc(-c2c(C=C)c(C=C)c(-c3cc(-c4c(O)c(O)c(O)c(O)c4O)cc4oc5ccccc5c34)c3ccccc23)cc1. The van der Waals surface area contributed by atoms with Crippen LogP contribution in [0.25, 0.3) is 89.4 Å². The second-order valence-corrected chi connectivity index (χ2v) is 12.9. The molecule has 8 aromatic rings. The number of fused-ring (bicyclic) bond motifs is 4. The van der Waals surface area contributed by atoms with Gasteiger partial charge in [-0.15, -0.1) is 0 Å². The van der Waals surface area contributed by atoms with Gasteiger partial charge in [0.15, 0.2) is 23.0 Å². The summed E-state index contributed by atoms with van der Waals surface area (Å²) in [6, 6.07) is 25.1. The van der Waals surface area contributed by atoms with Crippen molar-refractivity contribution in [2.24, 2.45) is 0 Å². The van der Waals surface area contributed by atoms with Gasteiger partial charge in [-0.2, -0.15) is 0 Å². The number of rotatable bonds is 6. The van der Waals surface area contributed by atoms with Crippen molar-refractivity contribution >= 4 is 58.2 Å². The summed E-state index contributed by atoms with van der Waals surface area (Å²) < 4.78 is 6.31. The fourth-order valence-corrected chi connectivity index (χ4v) is 7.47. The van der Waals surface area contributed by atoms with E-state index in [1.807, 2.05) is 42.5 Å². The maximum Gasteiger partial charge on any atom is 0.208 e. The summed E-state index contributed by atoms with van der Waals surface area (Å²) in [7, 11) is 6.04. The molecular formula is C44H29BO10. The van der Waals surface area contributed by atoms with Crippen LogP contribution >= 0.6 is 0 Å². The molecule has 9 N–H and O–H groups in total. The topological polar surface area (TPSA) is 195 Å². The summed E-state index contributed by atoms with van der Waals surface area (Å²) in [5.74, 6) is -8.15. The maximum absolute atomic E-state index is 11.0. The van der Waals surface area contributed by atoms with Gasteiger partial charge in [-0.3, -0.25) is 0 Å². The maximum atomic E-state index is 11.0. The zero-order valence-corrected chi connectivity index (χ0v) is 28.7. The number of hydrogen-bond acceptors (Lipinski definition) is 10. The largest absolute Gasteiger partial charge is 0.505 e. The normalized spacial score (nSPS) is 11.4. The summed E-state index contributed by atoms with van der Waals surface area (Å²) in [4.78, 5) is 0. The van der Waals surface area contributed by atoms with E-state index in [4.69, 9.17) is 12.3 Å². The van der Waals surface area contributed by atoms with Gasteiger partial charge in [-0.05, 0) is 78.9 Å². The first-order chi connectivity index (χ1) is 26.4. The average molecular weight is 729 g/mol. The molecule has 1 heterocycles. The second kappa shape index (κ2) is 12.5. The standard InChI is InChI=1S/C44H29BO10/c1-3-22-23(4-2)33(25-10-6-5-9-24(25)30(22)19-13-15-20(16-14-19)31-35(45)39(49)43(53)40(50)36(31)46)27-17-21(32-37(47)41(51)44(54)42(52)38(32)48)18-29-34(27)26-11-7-8-12-28(26)55-29/h3-18,46-54H,1-2H2. The molecule has 1 aromatic heterocycles. The molecule has 11 heteroatoms. The lowest BCUT2D eigenvalue weighted by Crippen LogP contribution is -2.08. The number of hydrogen-bond donors (Lipinski definition) is 9. The van der Waals surface area contributed by atoms with Gasteiger partial charge in [0.05, 0.1) is 5.56 Å². The van der Waals surface area contributed by atoms with Gasteiger partial charge in [0, 0.05) is 16.3 Å². The van der Waals surface area contributed by atoms with Crippen molar-refractivity contribution in [3.8, 4) is 96.3 Å². The van der Waals surface area contributed by atoms with Crippen molar-refractivity contribution in [1.29, 1.82) is 0 Å². The Bertz CT molecular complexity index is 2900. The Morgan fingerprint density at radius 1 is 0.436 bits per heavy atom. The van der Waals surface area contributed by atoms with Gasteiger partial charge in [0.1, 0.15) is 19.0 Å². The highest BCUT2D eigenvalue weighted by Crippen LogP contribution is 2.56. The van der Waals surface area contributed by atoms with Crippen molar-refractivity contribution in [2.45, 2.75) is 0 Å². The van der Waals surface area contributed by atoms with Crippen LogP contribution in [0.1, 0.15) is 11.1 Å². The molecule has 0 amide bonds. The molecule has 0 aliphatic rings. The average Bonchev–Trinajstić information content (AvgIpc) is 3.58. The van der Waals surface area contributed by atoms with Crippen LogP contribution in [0.5, 0.6) is 51.7 Å². The number of furan rings is 1. The summed E-state index contributed by atoms with van der Waals surface area (Å²) in [5.41, 5.74) is 4.72. The Morgan fingerprint density at radius 3 is 1.47 bits per heavy atom. The van der Waals surface area contributed by atoms with E-state index < -0.39 is 51.7 Å². The first-order valence-corrected chi connectivity index (χ1v) is 16.7. The smallest absolute Gasteiger partial charge is 0.208 e. The predicted molar refractivity (Wildman–Crippen MR) is 214 cm³/mol. The minimum Gasteiger partial charge on any atom is -0.505 e. The number of aromatic hydroxyl groups is 9. The Hall–Kier alpha value is -7.66. The number of phenols is 9. The Labute approximate surface area is 313 Å². The Balaban J connectivity index is 1.45. The van der Waals surface area contributed by atoms with Crippen molar-refractivity contribution in [3.63, 3.8) is 0 Å². The highest BCUT2D eigenvalue weighted by Gasteiger charge is 2.28. The number of phenolic OH excluding ortho intramolecular Hbond substituents is 9. The minimum absolute atomic E-state index is 0.0705. The first kappa shape index (κ1) is 34.4. The van der Waals surface area contributed by atoms with Crippen LogP contribution in [0.3, 0.4) is 0 Å².